The average molecular weight is 432 g/mol. The fourth-order valence-electron chi connectivity index (χ4n) is 2.98. The van der Waals surface area contributed by atoms with Gasteiger partial charge in [-0.05, 0) is 32.2 Å². The fraction of sp³-hybridized carbons (Fsp3) is 0.455. The van der Waals surface area contributed by atoms with Crippen molar-refractivity contribution in [1.82, 2.24) is 14.8 Å². The molecule has 1 aliphatic rings. The lowest BCUT2D eigenvalue weighted by Crippen LogP contribution is -2.47. The quantitative estimate of drug-likeness (QED) is 0.382. The minimum atomic E-state index is -0.462. The van der Waals surface area contributed by atoms with E-state index in [1.54, 1.807) is 23.0 Å². The summed E-state index contributed by atoms with van der Waals surface area (Å²) in [6.07, 6.45) is 0.458. The first-order valence-electron chi connectivity index (χ1n) is 9.94. The van der Waals surface area contributed by atoms with Crippen molar-refractivity contribution in [2.24, 2.45) is 0 Å². The number of carbonyl (C=O) groups excluding carboxylic acids is 1. The number of thiazole rings is 1. The molecule has 30 heavy (non-hydrogen) atoms. The molecule has 0 bridgehead atoms. The highest BCUT2D eigenvalue weighted by atomic mass is 32.1. The van der Waals surface area contributed by atoms with E-state index in [1.807, 2.05) is 0 Å². The summed E-state index contributed by atoms with van der Waals surface area (Å²) in [6.45, 7) is 6.57. The van der Waals surface area contributed by atoms with Crippen molar-refractivity contribution in [1.29, 1.82) is 0 Å². The Morgan fingerprint density at radius 3 is 2.80 bits per heavy atom. The number of hydrogen-bond donors (Lipinski definition) is 0. The molecule has 1 aromatic heterocycles. The summed E-state index contributed by atoms with van der Waals surface area (Å²) in [5.74, 6) is 5.52. The van der Waals surface area contributed by atoms with E-state index in [4.69, 9.17) is 9.47 Å². The molecule has 0 aliphatic carbocycles. The van der Waals surface area contributed by atoms with Crippen LogP contribution in [0.25, 0.3) is 0 Å². The van der Waals surface area contributed by atoms with Gasteiger partial charge < -0.3 is 14.4 Å². The van der Waals surface area contributed by atoms with Gasteiger partial charge in [-0.3, -0.25) is 4.90 Å². The van der Waals surface area contributed by atoms with E-state index in [9.17, 15) is 9.18 Å². The van der Waals surface area contributed by atoms with E-state index in [0.29, 0.717) is 17.7 Å². The highest BCUT2D eigenvalue weighted by Crippen LogP contribution is 2.18. The molecule has 1 unspecified atom stereocenters. The van der Waals surface area contributed by atoms with Gasteiger partial charge in [0.15, 0.2) is 17.3 Å². The first kappa shape index (κ1) is 22.2. The van der Waals surface area contributed by atoms with Crippen LogP contribution in [0.5, 0.6) is 5.75 Å². The van der Waals surface area contributed by atoms with Gasteiger partial charge in [-0.15, -0.1) is 11.3 Å². The number of ether oxygens (including phenoxy) is 2. The van der Waals surface area contributed by atoms with Crippen LogP contribution < -0.4 is 4.74 Å². The van der Waals surface area contributed by atoms with Gasteiger partial charge in [0.05, 0.1) is 24.8 Å². The molecule has 0 radical (unpaired) electrons. The zero-order valence-corrected chi connectivity index (χ0v) is 18.1. The number of aromatic nitrogens is 1. The number of halogens is 1. The van der Waals surface area contributed by atoms with Gasteiger partial charge in [-0.25, -0.2) is 14.2 Å². The largest absolute Gasteiger partial charge is 0.490 e. The summed E-state index contributed by atoms with van der Waals surface area (Å²) in [5.41, 5.74) is 2.49. The van der Waals surface area contributed by atoms with Crippen LogP contribution in [0.2, 0.25) is 0 Å². The summed E-state index contributed by atoms with van der Waals surface area (Å²) in [7, 11) is 2.12. The Balaban J connectivity index is 1.42. The average Bonchev–Trinajstić information content (AvgIpc) is 3.28. The number of esters is 1. The smallest absolute Gasteiger partial charge is 0.357 e. The lowest BCUT2D eigenvalue weighted by molar-refractivity contribution is 0.0479. The number of benzene rings is 1. The van der Waals surface area contributed by atoms with Crippen LogP contribution in [0, 0.1) is 17.7 Å². The minimum absolute atomic E-state index is 0.129. The van der Waals surface area contributed by atoms with Crippen LogP contribution >= 0.6 is 11.3 Å². The molecule has 1 aliphatic heterocycles. The van der Waals surface area contributed by atoms with Gasteiger partial charge in [-0.1, -0.05) is 11.8 Å². The number of carbonyl (C=O) groups is 1. The zero-order valence-electron chi connectivity index (χ0n) is 17.3. The Morgan fingerprint density at radius 1 is 1.30 bits per heavy atom. The second-order valence-electron chi connectivity index (χ2n) is 7.14. The molecule has 1 aromatic carbocycles. The van der Waals surface area contributed by atoms with Crippen LogP contribution in [-0.2, 0) is 4.74 Å². The molecule has 160 valence electrons. The second-order valence-corrected chi connectivity index (χ2v) is 7.86. The predicted molar refractivity (Wildman–Crippen MR) is 114 cm³/mol. The molecule has 0 amide bonds. The Labute approximate surface area is 180 Å². The molecule has 6 nitrogen and oxygen atoms in total. The third kappa shape index (κ3) is 6.52. The summed E-state index contributed by atoms with van der Waals surface area (Å²) >= 11 is 1.33. The standard InChI is InChI=1S/C22H26FN3O3S/c1-17(26-10-8-25(2)9-11-26)4-5-18-6-7-21(19(23)14-18)28-12-3-13-29-22(27)20-15-30-16-24-20/h6-7,14-17H,3,8-13H2,1-2H3. The van der Waals surface area contributed by atoms with Gasteiger partial charge in [0, 0.05) is 43.5 Å². The van der Waals surface area contributed by atoms with Crippen molar-refractivity contribution in [3.63, 3.8) is 0 Å². The fourth-order valence-corrected chi connectivity index (χ4v) is 3.50. The topological polar surface area (TPSA) is 54.9 Å². The molecule has 0 saturated carbocycles. The van der Waals surface area contributed by atoms with Crippen molar-refractivity contribution >= 4 is 17.3 Å². The first-order valence-corrected chi connectivity index (χ1v) is 10.9. The van der Waals surface area contributed by atoms with Crippen molar-refractivity contribution in [2.45, 2.75) is 19.4 Å². The van der Waals surface area contributed by atoms with Crippen LogP contribution in [0.3, 0.4) is 0 Å². The number of nitrogens with zero attached hydrogens (tertiary/aromatic N) is 3. The van der Waals surface area contributed by atoms with Crippen molar-refractivity contribution in [3.05, 3.63) is 46.2 Å². The van der Waals surface area contributed by atoms with E-state index in [1.165, 1.54) is 17.4 Å². The van der Waals surface area contributed by atoms with Gasteiger partial charge >= 0.3 is 5.97 Å². The van der Waals surface area contributed by atoms with Crippen LogP contribution in [0.4, 0.5) is 4.39 Å². The molecule has 3 rings (SSSR count). The maximum absolute atomic E-state index is 14.3. The summed E-state index contributed by atoms with van der Waals surface area (Å²) in [4.78, 5) is 20.2. The Kier molecular flexibility index (Phi) is 8.20. The lowest BCUT2D eigenvalue weighted by atomic mass is 10.2. The van der Waals surface area contributed by atoms with Crippen LogP contribution in [0.15, 0.2) is 29.1 Å². The summed E-state index contributed by atoms with van der Waals surface area (Å²) < 4.78 is 24.8. The zero-order chi connectivity index (χ0) is 21.3. The first-order chi connectivity index (χ1) is 14.5. The monoisotopic (exact) mass is 431 g/mol. The van der Waals surface area contributed by atoms with Gasteiger partial charge in [0.25, 0.3) is 0 Å². The molecule has 8 heteroatoms. The second kappa shape index (κ2) is 11.1. The molecule has 2 aromatic rings. The summed E-state index contributed by atoms with van der Waals surface area (Å²) in [5, 5.41) is 1.63. The molecular formula is C22H26FN3O3S. The number of likely N-dealkylation sites (N-methyl/N-ethyl adjacent to an activating group) is 1. The van der Waals surface area contributed by atoms with Crippen LogP contribution in [0.1, 0.15) is 29.4 Å². The molecule has 1 fully saturated rings. The van der Waals surface area contributed by atoms with Crippen molar-refractivity contribution < 1.29 is 18.7 Å². The van der Waals surface area contributed by atoms with Crippen molar-refractivity contribution in [2.75, 3.05) is 46.4 Å². The Hall–Kier alpha value is -2.47. The summed E-state index contributed by atoms with van der Waals surface area (Å²) in [6, 6.07) is 4.86. The van der Waals surface area contributed by atoms with Gasteiger partial charge in [-0.2, -0.15) is 0 Å². The minimum Gasteiger partial charge on any atom is -0.490 e. The van der Waals surface area contributed by atoms with E-state index in [2.05, 4.69) is 40.6 Å². The highest BCUT2D eigenvalue weighted by Gasteiger charge is 2.17. The molecule has 1 saturated heterocycles. The van der Waals surface area contributed by atoms with Crippen LogP contribution in [-0.4, -0.2) is 73.2 Å². The van der Waals surface area contributed by atoms with E-state index in [-0.39, 0.29) is 25.0 Å². The number of piperazine rings is 1. The molecular weight excluding hydrogens is 405 g/mol. The van der Waals surface area contributed by atoms with E-state index in [0.717, 1.165) is 26.2 Å². The maximum atomic E-state index is 14.3. The van der Waals surface area contributed by atoms with Crippen molar-refractivity contribution in [3.8, 4) is 17.6 Å². The number of rotatable bonds is 7. The normalized spacial score (nSPS) is 15.8. The van der Waals surface area contributed by atoms with E-state index >= 15 is 0 Å². The predicted octanol–water partition coefficient (Wildman–Crippen LogP) is 2.90. The molecule has 0 N–H and O–H groups in total. The molecule has 1 atom stereocenters. The van der Waals surface area contributed by atoms with Gasteiger partial charge in [0.2, 0.25) is 0 Å². The SMILES string of the molecule is CC(C#Cc1ccc(OCCCOC(=O)c2cscn2)c(F)c1)N1CCN(C)CC1. The molecule has 0 spiro atoms. The Morgan fingerprint density at radius 2 is 2.10 bits per heavy atom. The maximum Gasteiger partial charge on any atom is 0.357 e. The third-order valence-corrected chi connectivity index (χ3v) is 5.45. The molecule has 2 heterocycles. The highest BCUT2D eigenvalue weighted by molar-refractivity contribution is 7.07. The third-order valence-electron chi connectivity index (χ3n) is 4.86. The van der Waals surface area contributed by atoms with E-state index < -0.39 is 11.8 Å². The Bertz CT molecular complexity index is 887. The van der Waals surface area contributed by atoms with Gasteiger partial charge in [0.1, 0.15) is 0 Å². The number of hydrogen-bond acceptors (Lipinski definition) is 7. The lowest BCUT2D eigenvalue weighted by Gasteiger charge is -2.34.